The lowest BCUT2D eigenvalue weighted by atomic mass is 10.1. The predicted molar refractivity (Wildman–Crippen MR) is 76.3 cm³/mol. The highest BCUT2D eigenvalue weighted by Crippen LogP contribution is 2.23. The summed E-state index contributed by atoms with van der Waals surface area (Å²) >= 11 is 0. The van der Waals surface area contributed by atoms with Crippen molar-refractivity contribution in [1.29, 1.82) is 0 Å². The number of nitrogens with zero attached hydrogens (tertiary/aromatic N) is 1. The Morgan fingerprint density at radius 1 is 1.45 bits per heavy atom. The van der Waals surface area contributed by atoms with Crippen molar-refractivity contribution >= 4 is 0 Å². The summed E-state index contributed by atoms with van der Waals surface area (Å²) in [7, 11) is 0. The Morgan fingerprint density at radius 2 is 2.40 bits per heavy atom. The quantitative estimate of drug-likeness (QED) is 0.795. The Balaban J connectivity index is 1.51. The molecular formula is C15H21N3O2. The van der Waals surface area contributed by atoms with Gasteiger partial charge in [-0.15, -0.1) is 0 Å². The molecule has 2 aromatic heterocycles. The number of ether oxygens (including phenoxy) is 1. The molecule has 3 heterocycles. The van der Waals surface area contributed by atoms with E-state index in [4.69, 9.17) is 9.15 Å². The maximum atomic E-state index is 5.64. The molecule has 20 heavy (non-hydrogen) atoms. The lowest BCUT2D eigenvalue weighted by Crippen LogP contribution is -2.18. The number of hydrogen-bond donors (Lipinski definition) is 2. The SMILES string of the molecule is Cc1ccc(-c2[nH]ncc2CNCCC2CCOC2)o1. The van der Waals surface area contributed by atoms with Gasteiger partial charge in [0, 0.05) is 25.3 Å². The molecule has 1 aliphatic heterocycles. The van der Waals surface area contributed by atoms with E-state index in [1.165, 1.54) is 12.8 Å². The van der Waals surface area contributed by atoms with Crippen LogP contribution >= 0.6 is 0 Å². The minimum atomic E-state index is 0.721. The van der Waals surface area contributed by atoms with Crippen LogP contribution in [0.4, 0.5) is 0 Å². The molecule has 0 radical (unpaired) electrons. The van der Waals surface area contributed by atoms with Gasteiger partial charge in [-0.05, 0) is 44.4 Å². The molecule has 0 aliphatic carbocycles. The molecule has 1 aliphatic rings. The molecule has 2 aromatic rings. The molecule has 1 saturated heterocycles. The van der Waals surface area contributed by atoms with Crippen molar-refractivity contribution in [2.24, 2.45) is 5.92 Å². The second-order valence-electron chi connectivity index (χ2n) is 5.38. The van der Waals surface area contributed by atoms with Crippen LogP contribution < -0.4 is 5.32 Å². The Morgan fingerprint density at radius 3 is 3.15 bits per heavy atom. The molecule has 5 heteroatoms. The number of H-pyrrole nitrogens is 1. The summed E-state index contributed by atoms with van der Waals surface area (Å²) in [5, 5.41) is 10.6. The van der Waals surface area contributed by atoms with Crippen LogP contribution in [0.3, 0.4) is 0 Å². The van der Waals surface area contributed by atoms with E-state index < -0.39 is 0 Å². The predicted octanol–water partition coefficient (Wildman–Crippen LogP) is 2.49. The van der Waals surface area contributed by atoms with Gasteiger partial charge in [0.1, 0.15) is 11.5 Å². The number of furan rings is 1. The lowest BCUT2D eigenvalue weighted by molar-refractivity contribution is 0.184. The first-order valence-corrected chi connectivity index (χ1v) is 7.20. The molecule has 0 aromatic carbocycles. The zero-order valence-corrected chi connectivity index (χ0v) is 11.8. The highest BCUT2D eigenvalue weighted by atomic mass is 16.5. The topological polar surface area (TPSA) is 63.1 Å². The monoisotopic (exact) mass is 275 g/mol. The molecule has 0 spiro atoms. The average molecular weight is 275 g/mol. The number of aryl methyl sites for hydroxylation is 1. The van der Waals surface area contributed by atoms with Crippen molar-refractivity contribution in [3.63, 3.8) is 0 Å². The van der Waals surface area contributed by atoms with Crippen molar-refractivity contribution in [2.45, 2.75) is 26.3 Å². The van der Waals surface area contributed by atoms with Crippen molar-refractivity contribution in [1.82, 2.24) is 15.5 Å². The van der Waals surface area contributed by atoms with E-state index in [1.807, 2.05) is 25.3 Å². The van der Waals surface area contributed by atoms with Crippen LogP contribution in [0.1, 0.15) is 24.2 Å². The van der Waals surface area contributed by atoms with E-state index in [9.17, 15) is 0 Å². The van der Waals surface area contributed by atoms with Crippen molar-refractivity contribution in [2.75, 3.05) is 19.8 Å². The molecule has 2 N–H and O–H groups in total. The van der Waals surface area contributed by atoms with Crippen LogP contribution in [0.2, 0.25) is 0 Å². The number of aromatic amines is 1. The molecule has 0 saturated carbocycles. The van der Waals surface area contributed by atoms with E-state index in [1.54, 1.807) is 0 Å². The third kappa shape index (κ3) is 3.11. The molecule has 0 bridgehead atoms. The summed E-state index contributed by atoms with van der Waals surface area (Å²) < 4.78 is 11.0. The van der Waals surface area contributed by atoms with Crippen LogP contribution in [-0.2, 0) is 11.3 Å². The summed E-state index contributed by atoms with van der Waals surface area (Å²) in [5.41, 5.74) is 2.11. The van der Waals surface area contributed by atoms with Gasteiger partial charge in [0.05, 0.1) is 6.20 Å². The third-order valence-corrected chi connectivity index (χ3v) is 3.77. The molecule has 1 fully saturated rings. The highest BCUT2D eigenvalue weighted by molar-refractivity contribution is 5.56. The Bertz CT molecular complexity index is 541. The maximum absolute atomic E-state index is 5.64. The normalized spacial score (nSPS) is 18.8. The van der Waals surface area contributed by atoms with Crippen LogP contribution in [0.15, 0.2) is 22.7 Å². The van der Waals surface area contributed by atoms with Crippen molar-refractivity contribution < 1.29 is 9.15 Å². The van der Waals surface area contributed by atoms with E-state index in [2.05, 4.69) is 15.5 Å². The van der Waals surface area contributed by atoms with E-state index in [0.29, 0.717) is 0 Å². The van der Waals surface area contributed by atoms with Gasteiger partial charge < -0.3 is 14.5 Å². The van der Waals surface area contributed by atoms with Gasteiger partial charge in [0.15, 0.2) is 5.76 Å². The average Bonchev–Trinajstić information content (AvgIpc) is 3.16. The van der Waals surface area contributed by atoms with Crippen molar-refractivity contribution in [3.05, 3.63) is 29.7 Å². The van der Waals surface area contributed by atoms with Crippen LogP contribution in [-0.4, -0.2) is 30.0 Å². The van der Waals surface area contributed by atoms with Gasteiger partial charge in [0.25, 0.3) is 0 Å². The van der Waals surface area contributed by atoms with E-state index in [-0.39, 0.29) is 0 Å². The van der Waals surface area contributed by atoms with Crippen molar-refractivity contribution in [3.8, 4) is 11.5 Å². The van der Waals surface area contributed by atoms with Crippen LogP contribution in [0.5, 0.6) is 0 Å². The van der Waals surface area contributed by atoms with Gasteiger partial charge in [0.2, 0.25) is 0 Å². The molecule has 0 amide bonds. The smallest absolute Gasteiger partial charge is 0.152 e. The first-order valence-electron chi connectivity index (χ1n) is 7.20. The molecular weight excluding hydrogens is 254 g/mol. The molecule has 1 atom stereocenters. The zero-order chi connectivity index (χ0) is 13.8. The van der Waals surface area contributed by atoms with Gasteiger partial charge in [-0.1, -0.05) is 0 Å². The van der Waals surface area contributed by atoms with Gasteiger partial charge in [-0.25, -0.2) is 0 Å². The Labute approximate surface area is 118 Å². The second-order valence-corrected chi connectivity index (χ2v) is 5.38. The minimum absolute atomic E-state index is 0.721. The van der Waals surface area contributed by atoms with E-state index in [0.717, 1.165) is 55.0 Å². The summed E-state index contributed by atoms with van der Waals surface area (Å²) in [6, 6.07) is 3.94. The maximum Gasteiger partial charge on any atom is 0.152 e. The fourth-order valence-electron chi connectivity index (χ4n) is 2.57. The Hall–Kier alpha value is -1.59. The first-order chi connectivity index (χ1) is 9.83. The standard InChI is InChI=1S/C15H21N3O2/c1-11-2-3-14(20-11)15-13(9-17-18-15)8-16-6-4-12-5-7-19-10-12/h2-3,9,12,16H,4-8,10H2,1H3,(H,17,18). The molecule has 5 nitrogen and oxygen atoms in total. The summed E-state index contributed by atoms with van der Waals surface area (Å²) in [4.78, 5) is 0. The summed E-state index contributed by atoms with van der Waals surface area (Å²) in [5.74, 6) is 2.48. The van der Waals surface area contributed by atoms with Gasteiger partial charge in [-0.2, -0.15) is 5.10 Å². The van der Waals surface area contributed by atoms with Crippen LogP contribution in [0.25, 0.3) is 11.5 Å². The lowest BCUT2D eigenvalue weighted by Gasteiger charge is -2.08. The summed E-state index contributed by atoms with van der Waals surface area (Å²) in [6.07, 6.45) is 4.23. The summed E-state index contributed by atoms with van der Waals surface area (Å²) in [6.45, 7) is 5.61. The third-order valence-electron chi connectivity index (χ3n) is 3.77. The first kappa shape index (κ1) is 13.4. The largest absolute Gasteiger partial charge is 0.460 e. The van der Waals surface area contributed by atoms with Gasteiger partial charge in [-0.3, -0.25) is 5.10 Å². The fourth-order valence-corrected chi connectivity index (χ4v) is 2.57. The molecule has 3 rings (SSSR count). The second kappa shape index (κ2) is 6.24. The zero-order valence-electron chi connectivity index (χ0n) is 11.8. The highest BCUT2D eigenvalue weighted by Gasteiger charge is 2.15. The number of aromatic nitrogens is 2. The molecule has 1 unspecified atom stereocenters. The number of nitrogens with one attached hydrogen (secondary N) is 2. The fraction of sp³-hybridized carbons (Fsp3) is 0.533. The van der Waals surface area contributed by atoms with E-state index >= 15 is 0 Å². The number of rotatable bonds is 6. The van der Waals surface area contributed by atoms with Gasteiger partial charge >= 0.3 is 0 Å². The van der Waals surface area contributed by atoms with Crippen LogP contribution in [0, 0.1) is 12.8 Å². The minimum Gasteiger partial charge on any atom is -0.460 e. The Kier molecular flexibility index (Phi) is 4.18. The number of hydrogen-bond acceptors (Lipinski definition) is 4. The molecule has 108 valence electrons.